The lowest BCUT2D eigenvalue weighted by Gasteiger charge is -2.28. The monoisotopic (exact) mass is 239 g/mol. The zero-order valence-electron chi connectivity index (χ0n) is 12.8. The van der Waals surface area contributed by atoms with E-state index in [2.05, 4.69) is 60.7 Å². The normalized spacial score (nSPS) is 37.1. The molecule has 0 aromatic carbocycles. The molecule has 0 radical (unpaired) electrons. The van der Waals surface area contributed by atoms with Crippen molar-refractivity contribution in [2.45, 2.75) is 85.1 Å². The highest BCUT2D eigenvalue weighted by Gasteiger charge is 2.66. The molecule has 0 aromatic heterocycles. The fourth-order valence-corrected chi connectivity index (χ4v) is 3.64. The van der Waals surface area contributed by atoms with Gasteiger partial charge in [-0.15, -0.1) is 0 Å². The Morgan fingerprint density at radius 3 is 1.65 bits per heavy atom. The third-order valence-electron chi connectivity index (χ3n) is 5.46. The third-order valence-corrected chi connectivity index (χ3v) is 5.46. The van der Waals surface area contributed by atoms with Crippen LogP contribution in [0.5, 0.6) is 0 Å². The number of hydrogen-bond donors (Lipinski definition) is 1. The lowest BCUT2D eigenvalue weighted by atomic mass is 9.94. The van der Waals surface area contributed by atoms with Gasteiger partial charge in [-0.1, -0.05) is 27.7 Å². The molecular weight excluding hydrogens is 210 g/mol. The highest BCUT2D eigenvalue weighted by Crippen LogP contribution is 2.63. The summed E-state index contributed by atoms with van der Waals surface area (Å²) >= 11 is 0. The lowest BCUT2D eigenvalue weighted by molar-refractivity contribution is -0.0701. The summed E-state index contributed by atoms with van der Waals surface area (Å²) in [7, 11) is 0. The maximum atomic E-state index is 6.15. The van der Waals surface area contributed by atoms with Gasteiger partial charge in [-0.3, -0.25) is 0 Å². The standard InChI is InChI=1S/C15H29NO/c1-12(2)9-10(15(7,8)17-12)16-11-13(3,4)14(11,5)6/h10-11,16H,9H2,1-8H3. The van der Waals surface area contributed by atoms with Gasteiger partial charge in [-0.2, -0.15) is 0 Å². The number of ether oxygens (including phenoxy) is 1. The van der Waals surface area contributed by atoms with Crippen molar-refractivity contribution in [1.29, 1.82) is 0 Å². The Morgan fingerprint density at radius 2 is 1.35 bits per heavy atom. The van der Waals surface area contributed by atoms with E-state index in [1.165, 1.54) is 0 Å². The molecular formula is C15H29NO. The molecule has 2 fully saturated rings. The first-order valence-corrected chi connectivity index (χ1v) is 6.86. The van der Waals surface area contributed by atoms with E-state index in [9.17, 15) is 0 Å². The molecule has 1 atom stereocenters. The summed E-state index contributed by atoms with van der Waals surface area (Å²) < 4.78 is 6.15. The second kappa shape index (κ2) is 3.27. The predicted molar refractivity (Wildman–Crippen MR) is 72.1 cm³/mol. The molecule has 2 heteroatoms. The molecule has 1 unspecified atom stereocenters. The molecule has 2 aliphatic rings. The van der Waals surface area contributed by atoms with Gasteiger partial charge < -0.3 is 10.1 Å². The minimum atomic E-state index is -0.0573. The highest BCUT2D eigenvalue weighted by molar-refractivity contribution is 5.19. The van der Waals surface area contributed by atoms with Gasteiger partial charge in [-0.25, -0.2) is 0 Å². The minimum Gasteiger partial charge on any atom is -0.368 e. The van der Waals surface area contributed by atoms with Crippen molar-refractivity contribution < 1.29 is 4.74 Å². The van der Waals surface area contributed by atoms with Gasteiger partial charge in [0, 0.05) is 12.1 Å². The van der Waals surface area contributed by atoms with Crippen molar-refractivity contribution in [3.8, 4) is 0 Å². The van der Waals surface area contributed by atoms with E-state index in [4.69, 9.17) is 4.74 Å². The van der Waals surface area contributed by atoms with Gasteiger partial charge in [0.2, 0.25) is 0 Å². The quantitative estimate of drug-likeness (QED) is 0.798. The van der Waals surface area contributed by atoms with Crippen molar-refractivity contribution in [1.82, 2.24) is 5.32 Å². The first-order valence-electron chi connectivity index (χ1n) is 6.86. The average molecular weight is 239 g/mol. The molecule has 1 aliphatic heterocycles. The first-order chi connectivity index (χ1) is 7.40. The van der Waals surface area contributed by atoms with Crippen LogP contribution in [0.2, 0.25) is 0 Å². The van der Waals surface area contributed by atoms with Crippen molar-refractivity contribution in [3.05, 3.63) is 0 Å². The van der Waals surface area contributed by atoms with E-state index in [1.54, 1.807) is 0 Å². The van der Waals surface area contributed by atoms with Gasteiger partial charge in [0.15, 0.2) is 0 Å². The van der Waals surface area contributed by atoms with E-state index in [-0.39, 0.29) is 11.2 Å². The SMILES string of the molecule is CC1(C)CC(NC2C(C)(C)C2(C)C)C(C)(C)O1. The van der Waals surface area contributed by atoms with Crippen LogP contribution in [-0.2, 0) is 4.74 Å². The lowest BCUT2D eigenvalue weighted by Crippen LogP contribution is -2.45. The van der Waals surface area contributed by atoms with E-state index in [0.29, 0.717) is 22.9 Å². The summed E-state index contributed by atoms with van der Waals surface area (Å²) in [6, 6.07) is 1.07. The molecule has 2 rings (SSSR count). The molecule has 0 spiro atoms. The summed E-state index contributed by atoms with van der Waals surface area (Å²) in [6.45, 7) is 18.2. The summed E-state index contributed by atoms with van der Waals surface area (Å²) in [5, 5.41) is 3.85. The maximum absolute atomic E-state index is 6.15. The average Bonchev–Trinajstić information content (AvgIpc) is 2.36. The Labute approximate surface area is 107 Å². The largest absolute Gasteiger partial charge is 0.368 e. The summed E-state index contributed by atoms with van der Waals surface area (Å²) in [5.41, 5.74) is 0.744. The van der Waals surface area contributed by atoms with Gasteiger partial charge in [0.1, 0.15) is 0 Å². The Morgan fingerprint density at radius 1 is 0.882 bits per heavy atom. The second-order valence-corrected chi connectivity index (χ2v) is 8.26. The number of rotatable bonds is 2. The molecule has 1 aliphatic carbocycles. The maximum Gasteiger partial charge on any atom is 0.0787 e. The van der Waals surface area contributed by atoms with Crippen molar-refractivity contribution in [2.75, 3.05) is 0 Å². The molecule has 1 saturated carbocycles. The molecule has 0 aromatic rings. The van der Waals surface area contributed by atoms with Crippen LogP contribution in [0, 0.1) is 10.8 Å². The molecule has 1 N–H and O–H groups in total. The molecule has 100 valence electrons. The highest BCUT2D eigenvalue weighted by atomic mass is 16.5. The van der Waals surface area contributed by atoms with Crippen LogP contribution >= 0.6 is 0 Å². The number of hydrogen-bond acceptors (Lipinski definition) is 2. The smallest absolute Gasteiger partial charge is 0.0787 e. The fourth-order valence-electron chi connectivity index (χ4n) is 3.64. The van der Waals surface area contributed by atoms with E-state index in [1.807, 2.05) is 0 Å². The Bertz CT molecular complexity index is 314. The zero-order valence-corrected chi connectivity index (χ0v) is 12.8. The minimum absolute atomic E-state index is 0.00431. The third kappa shape index (κ3) is 1.94. The van der Waals surface area contributed by atoms with E-state index < -0.39 is 0 Å². The zero-order chi connectivity index (χ0) is 13.3. The Kier molecular flexibility index (Phi) is 2.57. The number of nitrogens with one attached hydrogen (secondary N) is 1. The first kappa shape index (κ1) is 13.4. The van der Waals surface area contributed by atoms with Crippen LogP contribution in [0.25, 0.3) is 0 Å². The van der Waals surface area contributed by atoms with E-state index in [0.717, 1.165) is 6.42 Å². The van der Waals surface area contributed by atoms with E-state index >= 15 is 0 Å². The Balaban J connectivity index is 2.07. The molecule has 2 nitrogen and oxygen atoms in total. The van der Waals surface area contributed by atoms with Crippen LogP contribution < -0.4 is 5.32 Å². The van der Waals surface area contributed by atoms with Gasteiger partial charge >= 0.3 is 0 Å². The molecule has 1 heterocycles. The summed E-state index contributed by atoms with van der Waals surface area (Å²) in [5.74, 6) is 0. The fraction of sp³-hybridized carbons (Fsp3) is 1.00. The van der Waals surface area contributed by atoms with Gasteiger partial charge in [0.25, 0.3) is 0 Å². The molecule has 1 saturated heterocycles. The summed E-state index contributed by atoms with van der Waals surface area (Å²) in [4.78, 5) is 0. The molecule has 0 amide bonds. The topological polar surface area (TPSA) is 21.3 Å². The van der Waals surface area contributed by atoms with Crippen LogP contribution in [0.1, 0.15) is 61.8 Å². The van der Waals surface area contributed by atoms with Gasteiger partial charge in [0.05, 0.1) is 11.2 Å². The Hall–Kier alpha value is -0.0800. The van der Waals surface area contributed by atoms with Crippen molar-refractivity contribution >= 4 is 0 Å². The van der Waals surface area contributed by atoms with Gasteiger partial charge in [-0.05, 0) is 44.9 Å². The van der Waals surface area contributed by atoms with Crippen LogP contribution in [0.15, 0.2) is 0 Å². The van der Waals surface area contributed by atoms with Crippen molar-refractivity contribution in [3.63, 3.8) is 0 Å². The van der Waals surface area contributed by atoms with Crippen molar-refractivity contribution in [2.24, 2.45) is 10.8 Å². The molecule has 0 bridgehead atoms. The predicted octanol–water partition coefficient (Wildman–Crippen LogP) is 3.36. The van der Waals surface area contributed by atoms with Crippen LogP contribution in [0.3, 0.4) is 0 Å². The molecule has 17 heavy (non-hydrogen) atoms. The van der Waals surface area contributed by atoms with Crippen LogP contribution in [-0.4, -0.2) is 23.3 Å². The second-order valence-electron chi connectivity index (χ2n) is 8.26. The van der Waals surface area contributed by atoms with Crippen LogP contribution in [0.4, 0.5) is 0 Å². The summed E-state index contributed by atoms with van der Waals surface area (Å²) in [6.07, 6.45) is 1.10.